The summed E-state index contributed by atoms with van der Waals surface area (Å²) in [5.74, 6) is -0.112. The third-order valence-electron chi connectivity index (χ3n) is 2.15. The van der Waals surface area contributed by atoms with Crippen molar-refractivity contribution < 1.29 is 4.79 Å². The largest absolute Gasteiger partial charge is 0.396 e. The van der Waals surface area contributed by atoms with Gasteiger partial charge in [-0.3, -0.25) is 4.79 Å². The quantitative estimate of drug-likeness (QED) is 0.635. The Hall–Kier alpha value is -1.80. The number of anilines is 2. The lowest BCUT2D eigenvalue weighted by molar-refractivity contribution is 0.102. The molecule has 0 atom stereocenters. The van der Waals surface area contributed by atoms with Gasteiger partial charge in [0.1, 0.15) is 16.6 Å². The van der Waals surface area contributed by atoms with E-state index in [1.54, 1.807) is 0 Å². The predicted molar refractivity (Wildman–Crippen MR) is 71.4 cm³/mol. The van der Waals surface area contributed by atoms with Crippen LogP contribution in [0, 0.1) is 11.3 Å². The monoisotopic (exact) mass is 249 g/mol. The average Bonchev–Trinajstić information content (AvgIpc) is 2.54. The predicted octanol–water partition coefficient (Wildman–Crippen LogP) is 2.78. The maximum Gasteiger partial charge on any atom is 0.171 e. The molecule has 0 spiro atoms. The molecule has 4 nitrogen and oxygen atoms in total. The van der Waals surface area contributed by atoms with Crippen LogP contribution in [0.2, 0.25) is 0 Å². The smallest absolute Gasteiger partial charge is 0.171 e. The molecule has 0 saturated carbocycles. The summed E-state index contributed by atoms with van der Waals surface area (Å²) in [6, 6.07) is 2.03. The van der Waals surface area contributed by atoms with Gasteiger partial charge in [0.25, 0.3) is 0 Å². The number of ketones is 1. The third kappa shape index (κ3) is 3.08. The van der Waals surface area contributed by atoms with Crippen molar-refractivity contribution in [3.63, 3.8) is 0 Å². The first kappa shape index (κ1) is 13.3. The van der Waals surface area contributed by atoms with E-state index < -0.39 is 0 Å². The van der Waals surface area contributed by atoms with Gasteiger partial charge in [-0.2, -0.15) is 5.26 Å². The molecule has 0 aliphatic carbocycles. The molecular weight excluding hydrogens is 234 g/mol. The van der Waals surface area contributed by atoms with E-state index in [1.807, 2.05) is 26.0 Å². The number of nitrogens with one attached hydrogen (secondary N) is 1. The summed E-state index contributed by atoms with van der Waals surface area (Å²) < 4.78 is 0. The van der Waals surface area contributed by atoms with E-state index in [-0.39, 0.29) is 11.5 Å². The number of carbonyl (C=O) groups is 1. The van der Waals surface area contributed by atoms with Crippen LogP contribution in [0.5, 0.6) is 0 Å². The molecule has 0 amide bonds. The van der Waals surface area contributed by atoms with Crippen LogP contribution < -0.4 is 11.1 Å². The van der Waals surface area contributed by atoms with Crippen LogP contribution in [0.15, 0.2) is 11.6 Å². The molecule has 5 heteroatoms. The summed E-state index contributed by atoms with van der Waals surface area (Å²) in [7, 11) is 0. The van der Waals surface area contributed by atoms with Crippen LogP contribution in [0.4, 0.5) is 10.7 Å². The Labute approximate surface area is 105 Å². The van der Waals surface area contributed by atoms with Crippen LogP contribution in [-0.4, -0.2) is 12.3 Å². The molecule has 3 N–H and O–H groups in total. The normalized spacial score (nSPS) is 9.53. The first-order chi connectivity index (χ1) is 7.97. The van der Waals surface area contributed by atoms with Crippen molar-refractivity contribution in [1.29, 1.82) is 5.26 Å². The van der Waals surface area contributed by atoms with Crippen molar-refractivity contribution in [2.75, 3.05) is 17.6 Å². The van der Waals surface area contributed by atoms with Crippen LogP contribution in [0.3, 0.4) is 0 Å². The lowest BCUT2D eigenvalue weighted by Crippen LogP contribution is -1.99. The Bertz CT molecular complexity index is 505. The summed E-state index contributed by atoms with van der Waals surface area (Å²) in [6.07, 6.45) is 2.00. The highest BCUT2D eigenvalue weighted by atomic mass is 32.1. The minimum Gasteiger partial charge on any atom is -0.396 e. The Kier molecular flexibility index (Phi) is 4.30. The molecule has 0 radical (unpaired) electrons. The fourth-order valence-electron chi connectivity index (χ4n) is 1.29. The van der Waals surface area contributed by atoms with Gasteiger partial charge < -0.3 is 11.1 Å². The summed E-state index contributed by atoms with van der Waals surface area (Å²) in [5, 5.41) is 12.8. The Morgan fingerprint density at radius 1 is 1.53 bits per heavy atom. The minimum atomic E-state index is -0.112. The Balaban J connectivity index is 3.00. The van der Waals surface area contributed by atoms with Gasteiger partial charge in [0.05, 0.1) is 10.6 Å². The Morgan fingerprint density at radius 2 is 2.18 bits per heavy atom. The summed E-state index contributed by atoms with van der Waals surface area (Å²) in [6.45, 7) is 6.06. The van der Waals surface area contributed by atoms with Crippen molar-refractivity contribution in [2.24, 2.45) is 0 Å². The zero-order valence-electron chi connectivity index (χ0n) is 10.1. The number of hydrogen-bond acceptors (Lipinski definition) is 5. The van der Waals surface area contributed by atoms with E-state index in [0.29, 0.717) is 22.0 Å². The number of nitrogens with two attached hydrogens (primary N) is 1. The molecule has 0 aromatic carbocycles. The second-order valence-electron chi connectivity index (χ2n) is 3.88. The fourth-order valence-corrected chi connectivity index (χ4v) is 2.26. The van der Waals surface area contributed by atoms with E-state index in [9.17, 15) is 4.79 Å². The zero-order valence-corrected chi connectivity index (χ0v) is 10.9. The minimum absolute atomic E-state index is 0.112. The number of hydrogen-bond donors (Lipinski definition) is 2. The second kappa shape index (κ2) is 5.51. The van der Waals surface area contributed by atoms with Gasteiger partial charge in [-0.15, -0.1) is 11.3 Å². The molecule has 0 bridgehead atoms. The molecule has 0 saturated heterocycles. The van der Waals surface area contributed by atoms with Crippen LogP contribution in [0.1, 0.15) is 36.0 Å². The number of carbonyl (C=O) groups excluding carboxylic acids is 1. The molecule has 1 heterocycles. The van der Waals surface area contributed by atoms with Crippen molar-refractivity contribution in [2.45, 2.75) is 20.8 Å². The number of allylic oxidation sites excluding steroid dienone is 1. The molecule has 1 aromatic heterocycles. The Morgan fingerprint density at radius 3 is 2.65 bits per heavy atom. The summed E-state index contributed by atoms with van der Waals surface area (Å²) in [4.78, 5) is 11.8. The van der Waals surface area contributed by atoms with E-state index in [1.165, 1.54) is 23.8 Å². The van der Waals surface area contributed by atoms with Gasteiger partial charge >= 0.3 is 0 Å². The van der Waals surface area contributed by atoms with Crippen molar-refractivity contribution in [3.8, 4) is 6.07 Å². The van der Waals surface area contributed by atoms with Crippen LogP contribution >= 0.6 is 11.3 Å². The molecule has 0 fully saturated rings. The number of rotatable bonds is 4. The maximum atomic E-state index is 11.3. The lowest BCUT2D eigenvalue weighted by atomic mass is 10.2. The van der Waals surface area contributed by atoms with Gasteiger partial charge in [0, 0.05) is 13.5 Å². The van der Waals surface area contributed by atoms with E-state index in [2.05, 4.69) is 5.32 Å². The third-order valence-corrected chi connectivity index (χ3v) is 3.41. The SMILES string of the molecule is CC(=O)c1sc(NCC=C(C)C)c(C#N)c1N. The zero-order chi connectivity index (χ0) is 13.0. The molecule has 0 unspecified atom stereocenters. The highest BCUT2D eigenvalue weighted by Crippen LogP contribution is 2.35. The van der Waals surface area contributed by atoms with Crippen LogP contribution in [-0.2, 0) is 0 Å². The molecule has 0 aliphatic heterocycles. The van der Waals surface area contributed by atoms with Crippen molar-refractivity contribution in [3.05, 3.63) is 22.1 Å². The summed E-state index contributed by atoms with van der Waals surface area (Å²) in [5.41, 5.74) is 7.59. The standard InChI is InChI=1S/C12H15N3OS/c1-7(2)4-5-15-12-9(6-13)10(14)11(17-12)8(3)16/h4,15H,5,14H2,1-3H3. The van der Waals surface area contributed by atoms with E-state index >= 15 is 0 Å². The average molecular weight is 249 g/mol. The first-order valence-electron chi connectivity index (χ1n) is 5.18. The first-order valence-corrected chi connectivity index (χ1v) is 5.99. The van der Waals surface area contributed by atoms with E-state index in [0.717, 1.165) is 0 Å². The van der Waals surface area contributed by atoms with Gasteiger partial charge in [-0.1, -0.05) is 11.6 Å². The van der Waals surface area contributed by atoms with Gasteiger partial charge in [0.2, 0.25) is 0 Å². The molecule has 0 aliphatic rings. The lowest BCUT2D eigenvalue weighted by Gasteiger charge is -2.00. The number of thiophene rings is 1. The second-order valence-corrected chi connectivity index (χ2v) is 4.90. The van der Waals surface area contributed by atoms with Gasteiger partial charge in [-0.05, 0) is 13.8 Å². The number of nitrogen functional groups attached to an aromatic ring is 1. The number of Topliss-reactive ketones (excluding diaryl/α,β-unsaturated/α-hetero) is 1. The molecule has 1 aromatic rings. The maximum absolute atomic E-state index is 11.3. The van der Waals surface area contributed by atoms with Gasteiger partial charge in [0.15, 0.2) is 5.78 Å². The number of nitrogens with zero attached hydrogens (tertiary/aromatic N) is 1. The summed E-state index contributed by atoms with van der Waals surface area (Å²) >= 11 is 1.23. The molecule has 17 heavy (non-hydrogen) atoms. The molecule has 1 rings (SSSR count). The van der Waals surface area contributed by atoms with Gasteiger partial charge in [-0.25, -0.2) is 0 Å². The fraction of sp³-hybridized carbons (Fsp3) is 0.333. The highest BCUT2D eigenvalue weighted by Gasteiger charge is 2.17. The highest BCUT2D eigenvalue weighted by molar-refractivity contribution is 7.18. The van der Waals surface area contributed by atoms with E-state index in [4.69, 9.17) is 11.0 Å². The topological polar surface area (TPSA) is 78.9 Å². The molecular formula is C12H15N3OS. The number of nitriles is 1. The van der Waals surface area contributed by atoms with Crippen LogP contribution in [0.25, 0.3) is 0 Å². The molecule has 90 valence electrons. The van der Waals surface area contributed by atoms with Crippen molar-refractivity contribution in [1.82, 2.24) is 0 Å². The van der Waals surface area contributed by atoms with Crippen molar-refractivity contribution >= 4 is 27.8 Å².